The van der Waals surface area contributed by atoms with Crippen molar-refractivity contribution < 1.29 is 9.13 Å². The molecule has 0 unspecified atom stereocenters. The molecule has 0 atom stereocenters. The summed E-state index contributed by atoms with van der Waals surface area (Å²) < 4.78 is 19.0. The monoisotopic (exact) mass is 280 g/mol. The van der Waals surface area contributed by atoms with Crippen LogP contribution in [-0.2, 0) is 4.74 Å². The van der Waals surface area contributed by atoms with Crippen LogP contribution in [0.4, 0.5) is 4.39 Å². The summed E-state index contributed by atoms with van der Waals surface area (Å²) >= 11 is 3.12. The van der Waals surface area contributed by atoms with E-state index < -0.39 is 5.82 Å². The van der Waals surface area contributed by atoms with Gasteiger partial charge in [0.25, 0.3) is 0 Å². The number of ether oxygens (including phenoxy) is 1. The Morgan fingerprint density at radius 1 is 1.62 bits per heavy atom. The summed E-state index contributed by atoms with van der Waals surface area (Å²) in [6.45, 7) is 6.79. The second-order valence-electron chi connectivity index (χ2n) is 2.73. The third kappa shape index (κ3) is 2.39. The average molecular weight is 281 g/mol. The Balaban J connectivity index is 3.43. The smallest absolute Gasteiger partial charge is 0.303 e. The van der Waals surface area contributed by atoms with E-state index in [1.54, 1.807) is 12.1 Å². The van der Waals surface area contributed by atoms with Crippen LogP contribution < -0.4 is 0 Å². The molecule has 0 saturated heterocycles. The third-order valence-electron chi connectivity index (χ3n) is 1.81. The summed E-state index contributed by atoms with van der Waals surface area (Å²) in [5.41, 5.74) is -0.179. The van der Waals surface area contributed by atoms with E-state index in [0.29, 0.717) is 4.47 Å². The topological polar surface area (TPSA) is 37.4 Å². The zero-order valence-corrected chi connectivity index (χ0v) is 9.88. The Bertz CT molecular complexity index is 510. The average Bonchev–Trinajstić information content (AvgIpc) is 2.27. The van der Waals surface area contributed by atoms with E-state index in [0.717, 1.165) is 0 Å². The number of nitrogens with zero attached hydrogens (tertiary/aromatic N) is 2. The Morgan fingerprint density at radius 3 is 2.75 bits per heavy atom. The summed E-state index contributed by atoms with van der Waals surface area (Å²) in [4.78, 5) is 2.98. The highest BCUT2D eigenvalue weighted by atomic mass is 79.9. The highest BCUT2D eigenvalue weighted by Crippen LogP contribution is 2.25. The Morgan fingerprint density at radius 2 is 2.31 bits per heavy atom. The molecule has 5 heteroatoms. The predicted octanol–water partition coefficient (Wildman–Crippen LogP) is 3.35. The molecule has 0 spiro atoms. The minimum Gasteiger partial charge on any atom is -0.506 e. The first-order valence-corrected chi connectivity index (χ1v) is 4.94. The third-order valence-corrected chi connectivity index (χ3v) is 2.31. The maximum atomic E-state index is 13.6. The van der Waals surface area contributed by atoms with Gasteiger partial charge in [0.15, 0.2) is 0 Å². The van der Waals surface area contributed by atoms with Crippen LogP contribution >= 0.6 is 15.9 Å². The molecule has 1 rings (SSSR count). The molecule has 0 aromatic heterocycles. The van der Waals surface area contributed by atoms with Gasteiger partial charge in [0.1, 0.15) is 11.6 Å². The van der Waals surface area contributed by atoms with Crippen molar-refractivity contribution in [1.82, 2.24) is 0 Å². The molecule has 1 aromatic carbocycles. The van der Waals surface area contributed by atoms with Gasteiger partial charge in [0, 0.05) is 10.0 Å². The maximum Gasteiger partial charge on any atom is 0.303 e. The molecular formula is C11H6BrFN2O. The number of hydrogen-bond acceptors (Lipinski definition) is 2. The number of halogens is 2. The van der Waals surface area contributed by atoms with Crippen LogP contribution in [0.3, 0.4) is 0 Å². The van der Waals surface area contributed by atoms with Crippen LogP contribution in [0.5, 0.6) is 0 Å². The normalized spacial score (nSPS) is 11.1. The lowest BCUT2D eigenvalue weighted by molar-refractivity contribution is 0.365. The summed E-state index contributed by atoms with van der Waals surface area (Å²) in [6, 6.07) is 5.96. The first-order valence-electron chi connectivity index (χ1n) is 4.15. The Labute approximate surface area is 101 Å². The lowest BCUT2D eigenvalue weighted by Gasteiger charge is -2.07. The van der Waals surface area contributed by atoms with Crippen LogP contribution in [0.1, 0.15) is 5.56 Å². The summed E-state index contributed by atoms with van der Waals surface area (Å²) in [7, 11) is 1.29. The molecule has 1 aromatic rings. The van der Waals surface area contributed by atoms with Crippen molar-refractivity contribution in [3.05, 3.63) is 51.2 Å². The zero-order chi connectivity index (χ0) is 12.1. The quantitative estimate of drug-likeness (QED) is 0.473. The highest BCUT2D eigenvalue weighted by molar-refractivity contribution is 9.10. The SMILES string of the molecule is [C-]#[N+]/C(C#N)=C(/OC)c1ccc(Br)cc1F. The van der Waals surface area contributed by atoms with Crippen LogP contribution in [0, 0.1) is 23.7 Å². The molecule has 16 heavy (non-hydrogen) atoms. The van der Waals surface area contributed by atoms with E-state index in [1.165, 1.54) is 19.2 Å². The molecule has 80 valence electrons. The minimum atomic E-state index is -0.553. The van der Waals surface area contributed by atoms with E-state index in [-0.39, 0.29) is 17.0 Å². The van der Waals surface area contributed by atoms with Crippen LogP contribution in [-0.4, -0.2) is 7.11 Å². The molecule has 0 bridgehead atoms. The lowest BCUT2D eigenvalue weighted by Crippen LogP contribution is -1.95. The minimum absolute atomic E-state index is 0.0532. The van der Waals surface area contributed by atoms with E-state index in [2.05, 4.69) is 20.8 Å². The predicted molar refractivity (Wildman–Crippen MR) is 60.2 cm³/mol. The summed E-state index contributed by atoms with van der Waals surface area (Å²) in [6.07, 6.45) is 0. The van der Waals surface area contributed by atoms with Gasteiger partial charge in [-0.05, 0) is 18.2 Å². The van der Waals surface area contributed by atoms with Crippen molar-refractivity contribution in [3.8, 4) is 6.07 Å². The lowest BCUT2D eigenvalue weighted by atomic mass is 10.1. The van der Waals surface area contributed by atoms with Gasteiger partial charge in [-0.2, -0.15) is 0 Å². The van der Waals surface area contributed by atoms with Gasteiger partial charge in [-0.25, -0.2) is 14.5 Å². The van der Waals surface area contributed by atoms with Crippen LogP contribution in [0.2, 0.25) is 0 Å². The van der Waals surface area contributed by atoms with E-state index in [1.807, 2.05) is 0 Å². The largest absolute Gasteiger partial charge is 0.506 e. The van der Waals surface area contributed by atoms with Gasteiger partial charge >= 0.3 is 5.70 Å². The highest BCUT2D eigenvalue weighted by Gasteiger charge is 2.14. The molecule has 0 saturated carbocycles. The number of hydrogen-bond donors (Lipinski definition) is 0. The fraction of sp³-hybridized carbons (Fsp3) is 0.0909. The molecule has 0 heterocycles. The summed E-state index contributed by atoms with van der Waals surface area (Å²) in [5, 5.41) is 8.70. The van der Waals surface area contributed by atoms with Crippen molar-refractivity contribution in [2.45, 2.75) is 0 Å². The van der Waals surface area contributed by atoms with Crippen molar-refractivity contribution in [2.75, 3.05) is 7.11 Å². The van der Waals surface area contributed by atoms with Crippen LogP contribution in [0.15, 0.2) is 28.4 Å². The fourth-order valence-electron chi connectivity index (χ4n) is 1.13. The molecular weight excluding hydrogens is 275 g/mol. The van der Waals surface area contributed by atoms with E-state index in [4.69, 9.17) is 16.6 Å². The summed E-state index contributed by atoms with van der Waals surface area (Å²) in [5.74, 6) is -0.606. The van der Waals surface area contributed by atoms with Crippen molar-refractivity contribution in [3.63, 3.8) is 0 Å². The number of rotatable bonds is 2. The number of benzene rings is 1. The first kappa shape index (κ1) is 12.2. The molecule has 0 radical (unpaired) electrons. The van der Waals surface area contributed by atoms with Gasteiger partial charge in [-0.3, -0.25) is 0 Å². The number of nitriles is 1. The first-order chi connectivity index (χ1) is 7.63. The molecule has 0 N–H and O–H groups in total. The fourth-order valence-corrected chi connectivity index (χ4v) is 1.47. The van der Waals surface area contributed by atoms with Crippen molar-refractivity contribution >= 4 is 21.7 Å². The Kier molecular flexibility index (Phi) is 4.04. The second-order valence-corrected chi connectivity index (χ2v) is 3.65. The molecule has 0 amide bonds. The molecule has 0 fully saturated rings. The van der Waals surface area contributed by atoms with E-state index in [9.17, 15) is 4.39 Å². The number of allylic oxidation sites excluding steroid dienone is 1. The van der Waals surface area contributed by atoms with E-state index >= 15 is 0 Å². The van der Waals surface area contributed by atoms with Gasteiger partial charge < -0.3 is 4.74 Å². The van der Waals surface area contributed by atoms with Gasteiger partial charge in [-0.15, -0.1) is 0 Å². The number of methoxy groups -OCH3 is 1. The van der Waals surface area contributed by atoms with Gasteiger partial charge in [-0.1, -0.05) is 15.9 Å². The standard InChI is InChI=1S/C11H6BrFN2O/c1-15-10(6-14)11(16-2)8-4-3-7(12)5-9(8)13/h3-5H,2H3/b11-10+. The maximum absolute atomic E-state index is 13.6. The zero-order valence-electron chi connectivity index (χ0n) is 8.29. The van der Waals surface area contributed by atoms with Gasteiger partial charge in [0.05, 0.1) is 19.8 Å². The molecule has 3 nitrogen and oxygen atoms in total. The molecule has 0 aliphatic rings. The molecule has 0 aliphatic carbocycles. The second kappa shape index (κ2) is 5.29. The van der Waals surface area contributed by atoms with Crippen molar-refractivity contribution in [1.29, 1.82) is 5.26 Å². The molecule has 0 aliphatic heterocycles. The van der Waals surface area contributed by atoms with Crippen LogP contribution in [0.25, 0.3) is 10.6 Å². The van der Waals surface area contributed by atoms with Crippen molar-refractivity contribution in [2.24, 2.45) is 0 Å². The Hall–Kier alpha value is -1.85. The van der Waals surface area contributed by atoms with Gasteiger partial charge in [0.2, 0.25) is 0 Å².